The molecule has 2 fully saturated rings. The summed E-state index contributed by atoms with van der Waals surface area (Å²) in [7, 11) is 0. The van der Waals surface area contributed by atoms with Crippen LogP contribution in [0, 0.1) is 19.3 Å². The van der Waals surface area contributed by atoms with Crippen molar-refractivity contribution < 1.29 is 9.53 Å². The topological polar surface area (TPSA) is 59.4 Å². The molecule has 0 unspecified atom stereocenters. The number of carbonyl (C=O) groups is 1. The van der Waals surface area contributed by atoms with Gasteiger partial charge in [-0.1, -0.05) is 0 Å². The molecule has 1 aromatic rings. The van der Waals surface area contributed by atoms with Crippen LogP contribution in [0.25, 0.3) is 0 Å². The summed E-state index contributed by atoms with van der Waals surface area (Å²) in [5.74, 6) is -0.220. The van der Waals surface area contributed by atoms with Gasteiger partial charge in [-0.05, 0) is 72.0 Å². The standard InChI is InChI=1S/C19H32N4O2/c1-14(2)25-18(24)12-23-16(4)17(15(3)21-23)11-22-10-7-19(13-22)5-8-20-9-6-19/h14,20H,5-13H2,1-4H3. The molecule has 0 aliphatic carbocycles. The highest BCUT2D eigenvalue weighted by molar-refractivity contribution is 5.69. The third kappa shape index (κ3) is 4.23. The number of hydrogen-bond donors (Lipinski definition) is 1. The monoisotopic (exact) mass is 348 g/mol. The molecule has 1 N–H and O–H groups in total. The maximum atomic E-state index is 11.9. The number of hydrogen-bond acceptors (Lipinski definition) is 5. The molecule has 0 bridgehead atoms. The molecule has 0 aromatic carbocycles. The van der Waals surface area contributed by atoms with Gasteiger partial charge in [-0.2, -0.15) is 5.10 Å². The molecule has 0 radical (unpaired) electrons. The molecule has 6 nitrogen and oxygen atoms in total. The number of aromatic nitrogens is 2. The van der Waals surface area contributed by atoms with Crippen LogP contribution in [0.3, 0.4) is 0 Å². The Bertz CT molecular complexity index is 617. The fourth-order valence-corrected chi connectivity index (χ4v) is 4.29. The fraction of sp³-hybridized carbons (Fsp3) is 0.789. The first-order valence-corrected chi connectivity index (χ1v) is 9.54. The maximum Gasteiger partial charge on any atom is 0.328 e. The highest BCUT2D eigenvalue weighted by atomic mass is 16.5. The van der Waals surface area contributed by atoms with Gasteiger partial charge >= 0.3 is 5.97 Å². The molecule has 0 saturated carbocycles. The zero-order valence-corrected chi connectivity index (χ0v) is 16.1. The summed E-state index contributed by atoms with van der Waals surface area (Å²) in [4.78, 5) is 14.5. The van der Waals surface area contributed by atoms with Crippen molar-refractivity contribution in [3.8, 4) is 0 Å². The Morgan fingerprint density at radius 3 is 2.68 bits per heavy atom. The highest BCUT2D eigenvalue weighted by Crippen LogP contribution is 2.39. The third-order valence-electron chi connectivity index (χ3n) is 5.74. The quantitative estimate of drug-likeness (QED) is 0.825. The molecule has 1 spiro atoms. The van der Waals surface area contributed by atoms with E-state index in [1.165, 1.54) is 37.9 Å². The van der Waals surface area contributed by atoms with E-state index in [0.717, 1.165) is 31.0 Å². The average molecular weight is 348 g/mol. The molecular formula is C19H32N4O2. The molecule has 6 heteroatoms. The Labute approximate surface area is 150 Å². The van der Waals surface area contributed by atoms with E-state index in [4.69, 9.17) is 4.74 Å². The van der Waals surface area contributed by atoms with Crippen molar-refractivity contribution in [3.05, 3.63) is 17.0 Å². The van der Waals surface area contributed by atoms with Crippen molar-refractivity contribution in [1.29, 1.82) is 0 Å². The van der Waals surface area contributed by atoms with Crippen LogP contribution in [0.1, 0.15) is 50.1 Å². The fourth-order valence-electron chi connectivity index (χ4n) is 4.29. The molecule has 2 aliphatic rings. The molecule has 140 valence electrons. The SMILES string of the molecule is Cc1nn(CC(=O)OC(C)C)c(C)c1CN1CCC2(CCNCC2)C1. The van der Waals surface area contributed by atoms with Crippen molar-refractivity contribution in [1.82, 2.24) is 20.0 Å². The van der Waals surface area contributed by atoms with Crippen LogP contribution in [0.4, 0.5) is 0 Å². The summed E-state index contributed by atoms with van der Waals surface area (Å²) in [6.07, 6.45) is 3.81. The van der Waals surface area contributed by atoms with Gasteiger partial charge in [0, 0.05) is 24.3 Å². The lowest BCUT2D eigenvalue weighted by Gasteiger charge is -2.34. The van der Waals surface area contributed by atoms with E-state index >= 15 is 0 Å². The number of esters is 1. The maximum absolute atomic E-state index is 11.9. The second kappa shape index (κ2) is 7.46. The number of nitrogens with one attached hydrogen (secondary N) is 1. The average Bonchev–Trinajstić information content (AvgIpc) is 3.04. The number of carbonyl (C=O) groups excluding carboxylic acids is 1. The lowest BCUT2D eigenvalue weighted by atomic mass is 9.78. The Kier molecular flexibility index (Phi) is 5.49. The predicted octanol–water partition coefficient (Wildman–Crippen LogP) is 2.03. The Morgan fingerprint density at radius 1 is 1.28 bits per heavy atom. The largest absolute Gasteiger partial charge is 0.462 e. The van der Waals surface area contributed by atoms with Crippen molar-refractivity contribution in [3.63, 3.8) is 0 Å². The summed E-state index contributed by atoms with van der Waals surface area (Å²) in [6, 6.07) is 0. The third-order valence-corrected chi connectivity index (χ3v) is 5.74. The lowest BCUT2D eigenvalue weighted by molar-refractivity contribution is -0.148. The van der Waals surface area contributed by atoms with Crippen molar-refractivity contribution in [2.45, 2.75) is 66.2 Å². The van der Waals surface area contributed by atoms with Crippen LogP contribution in [-0.2, 0) is 22.6 Å². The van der Waals surface area contributed by atoms with Gasteiger partial charge < -0.3 is 10.1 Å². The summed E-state index contributed by atoms with van der Waals surface area (Å²) in [6.45, 7) is 13.6. The summed E-state index contributed by atoms with van der Waals surface area (Å²) < 4.78 is 7.05. The minimum atomic E-state index is -0.220. The van der Waals surface area contributed by atoms with Crippen LogP contribution in [-0.4, -0.2) is 52.9 Å². The lowest BCUT2D eigenvalue weighted by Crippen LogP contribution is -2.38. The van der Waals surface area contributed by atoms with Gasteiger partial charge in [0.15, 0.2) is 0 Å². The van der Waals surface area contributed by atoms with Gasteiger partial charge in [0.25, 0.3) is 0 Å². The highest BCUT2D eigenvalue weighted by Gasteiger charge is 2.39. The van der Waals surface area contributed by atoms with Gasteiger partial charge in [-0.15, -0.1) is 0 Å². The smallest absolute Gasteiger partial charge is 0.328 e. The van der Waals surface area contributed by atoms with E-state index < -0.39 is 0 Å². The van der Waals surface area contributed by atoms with E-state index in [-0.39, 0.29) is 18.6 Å². The molecule has 3 heterocycles. The van der Waals surface area contributed by atoms with Gasteiger partial charge in [0.1, 0.15) is 6.54 Å². The second-order valence-corrected chi connectivity index (χ2v) is 8.06. The number of ether oxygens (including phenoxy) is 1. The van der Waals surface area contributed by atoms with Crippen molar-refractivity contribution in [2.75, 3.05) is 26.2 Å². The molecular weight excluding hydrogens is 316 g/mol. The first-order chi connectivity index (χ1) is 11.9. The first-order valence-electron chi connectivity index (χ1n) is 9.54. The number of likely N-dealkylation sites (tertiary alicyclic amines) is 1. The molecule has 1 aromatic heterocycles. The minimum Gasteiger partial charge on any atom is -0.462 e. The van der Waals surface area contributed by atoms with Crippen LogP contribution in [0.5, 0.6) is 0 Å². The molecule has 2 saturated heterocycles. The van der Waals surface area contributed by atoms with Crippen LogP contribution < -0.4 is 5.32 Å². The van der Waals surface area contributed by atoms with E-state index in [2.05, 4.69) is 22.2 Å². The van der Waals surface area contributed by atoms with E-state index in [9.17, 15) is 4.79 Å². The van der Waals surface area contributed by atoms with Gasteiger partial charge in [0.2, 0.25) is 0 Å². The zero-order chi connectivity index (χ0) is 18.0. The van der Waals surface area contributed by atoms with Crippen LogP contribution in [0.2, 0.25) is 0 Å². The van der Waals surface area contributed by atoms with Crippen molar-refractivity contribution in [2.24, 2.45) is 5.41 Å². The summed E-state index contributed by atoms with van der Waals surface area (Å²) >= 11 is 0. The van der Waals surface area contributed by atoms with E-state index in [1.807, 2.05) is 20.8 Å². The Hall–Kier alpha value is -1.40. The summed E-state index contributed by atoms with van der Waals surface area (Å²) in [5, 5.41) is 8.06. The van der Waals surface area contributed by atoms with Crippen molar-refractivity contribution >= 4 is 5.97 Å². The second-order valence-electron chi connectivity index (χ2n) is 8.06. The van der Waals surface area contributed by atoms with Crippen LogP contribution >= 0.6 is 0 Å². The first kappa shape index (κ1) is 18.4. The molecule has 25 heavy (non-hydrogen) atoms. The molecule has 0 amide bonds. The zero-order valence-electron chi connectivity index (χ0n) is 16.1. The predicted molar refractivity (Wildman–Crippen MR) is 97.4 cm³/mol. The number of aryl methyl sites for hydroxylation is 1. The van der Waals surface area contributed by atoms with Gasteiger partial charge in [-0.25, -0.2) is 0 Å². The van der Waals surface area contributed by atoms with Gasteiger partial charge in [0.05, 0.1) is 11.8 Å². The summed E-state index contributed by atoms with van der Waals surface area (Å²) in [5.41, 5.74) is 3.90. The van der Waals surface area contributed by atoms with Gasteiger partial charge in [-0.3, -0.25) is 14.4 Å². The number of rotatable bonds is 5. The Balaban J connectivity index is 1.64. The normalized spacial score (nSPS) is 20.5. The number of nitrogens with zero attached hydrogens (tertiary/aromatic N) is 3. The van der Waals surface area contributed by atoms with E-state index in [0.29, 0.717) is 5.41 Å². The minimum absolute atomic E-state index is 0.0882. The molecule has 0 atom stereocenters. The molecule has 2 aliphatic heterocycles. The molecule has 3 rings (SSSR count). The van der Waals surface area contributed by atoms with Crippen LogP contribution in [0.15, 0.2) is 0 Å². The number of piperidine rings is 1. The van der Waals surface area contributed by atoms with E-state index in [1.54, 1.807) is 4.68 Å². The Morgan fingerprint density at radius 2 is 2.00 bits per heavy atom.